The van der Waals surface area contributed by atoms with Gasteiger partial charge in [-0.15, -0.1) is 0 Å². The number of hydrogen-bond donors (Lipinski definition) is 4. The van der Waals surface area contributed by atoms with Crippen molar-refractivity contribution < 1.29 is 14.1 Å². The highest BCUT2D eigenvalue weighted by molar-refractivity contribution is 7.91. The lowest BCUT2D eigenvalue weighted by atomic mass is 9.99. The van der Waals surface area contributed by atoms with Gasteiger partial charge in [0.05, 0.1) is 12.3 Å². The molecule has 2 aromatic rings. The molecule has 1 unspecified atom stereocenters. The quantitative estimate of drug-likeness (QED) is 0.463. The number of rotatable bonds is 7. The van der Waals surface area contributed by atoms with Crippen molar-refractivity contribution >= 4 is 21.6 Å². The third-order valence-corrected chi connectivity index (χ3v) is 8.86. The molecule has 2 atom stereocenters. The van der Waals surface area contributed by atoms with Gasteiger partial charge in [-0.25, -0.2) is 18.5 Å². The number of anilines is 1. The predicted molar refractivity (Wildman–Crippen MR) is 135 cm³/mol. The van der Waals surface area contributed by atoms with Crippen LogP contribution >= 0.6 is 0 Å². The van der Waals surface area contributed by atoms with Crippen LogP contribution in [0.1, 0.15) is 73.5 Å². The molecule has 1 aromatic carbocycles. The van der Waals surface area contributed by atoms with Crippen LogP contribution in [0.25, 0.3) is 0 Å². The zero-order valence-corrected chi connectivity index (χ0v) is 21.4. The first kappa shape index (κ1) is 24.3. The minimum absolute atomic E-state index is 0.00690. The van der Waals surface area contributed by atoms with E-state index >= 15 is 0 Å². The number of nitrogens with zero attached hydrogens (tertiary/aromatic N) is 3. The first-order valence-electron chi connectivity index (χ1n) is 12.7. The molecule has 5 rings (SSSR count). The second kappa shape index (κ2) is 9.55. The molecule has 1 saturated heterocycles. The molecule has 0 radical (unpaired) electrons. The summed E-state index contributed by atoms with van der Waals surface area (Å²) in [5.74, 6) is 0. The molecule has 10 heteroatoms. The fourth-order valence-electron chi connectivity index (χ4n) is 5.92. The Labute approximate surface area is 207 Å². The summed E-state index contributed by atoms with van der Waals surface area (Å²) >= 11 is 0. The highest BCUT2D eigenvalue weighted by Crippen LogP contribution is 2.38. The smallest absolute Gasteiger partial charge is 0.332 e. The Kier molecular flexibility index (Phi) is 6.63. The number of carbonyl (C=O) groups is 1. The Hall–Kier alpha value is -2.43. The van der Waals surface area contributed by atoms with Gasteiger partial charge in [0.1, 0.15) is 0 Å². The van der Waals surface area contributed by atoms with Crippen LogP contribution < -0.4 is 10.0 Å². The van der Waals surface area contributed by atoms with Crippen molar-refractivity contribution in [2.24, 2.45) is 0 Å². The average molecular weight is 501 g/mol. The maximum Gasteiger partial charge on any atom is 0.332 e. The summed E-state index contributed by atoms with van der Waals surface area (Å²) in [5.41, 5.74) is 6.67. The van der Waals surface area contributed by atoms with Gasteiger partial charge in [0, 0.05) is 24.3 Å². The lowest BCUT2D eigenvalue weighted by Gasteiger charge is -2.23. The summed E-state index contributed by atoms with van der Waals surface area (Å²) in [6.45, 7) is 5.51. The summed E-state index contributed by atoms with van der Waals surface area (Å²) in [6, 6.07) is 3.45. The lowest BCUT2D eigenvalue weighted by molar-refractivity contribution is 0.150. The SMILES string of the molecule is CC(C)n1nc(S(=N)(=O)NC(=O)Nc2c3c(cc4c2CCC4)CCC3)cc1CN1CCC[C@@H]1CO. The van der Waals surface area contributed by atoms with Gasteiger partial charge in [0.15, 0.2) is 14.9 Å². The van der Waals surface area contributed by atoms with E-state index in [2.05, 4.69) is 26.1 Å². The van der Waals surface area contributed by atoms with Crippen LogP contribution in [0.4, 0.5) is 10.5 Å². The molecule has 0 bridgehead atoms. The molecule has 35 heavy (non-hydrogen) atoms. The molecule has 0 spiro atoms. The number of nitrogens with one attached hydrogen (secondary N) is 3. The number of aliphatic hydroxyl groups is 1. The lowest BCUT2D eigenvalue weighted by Crippen LogP contribution is -2.34. The number of urea groups is 1. The summed E-state index contributed by atoms with van der Waals surface area (Å²) in [4.78, 5) is 15.2. The van der Waals surface area contributed by atoms with Crippen molar-refractivity contribution in [1.82, 2.24) is 19.4 Å². The number of carbonyl (C=O) groups excluding carboxylic acids is 1. The summed E-state index contributed by atoms with van der Waals surface area (Å²) in [6.07, 6.45) is 8.04. The standard InChI is InChI=1S/C25H36N6O3S/c1-16(2)31-20(14-30-11-5-8-19(30)15-32)13-23(28-31)35(26,34)29-25(33)27-24-21-9-3-6-17(21)12-18-7-4-10-22(18)24/h12-13,16,19,32H,3-11,14-15H2,1-2H3,(H3,26,27,29,33,34)/t19-,35?/m1/s1. The molecule has 4 N–H and O–H groups in total. The number of benzene rings is 1. The molecule has 1 aromatic heterocycles. The summed E-state index contributed by atoms with van der Waals surface area (Å²) in [5, 5.41) is 17.2. The van der Waals surface area contributed by atoms with E-state index in [9.17, 15) is 14.1 Å². The minimum Gasteiger partial charge on any atom is -0.395 e. The number of amides is 2. The van der Waals surface area contributed by atoms with E-state index in [0.29, 0.717) is 6.54 Å². The van der Waals surface area contributed by atoms with E-state index in [1.54, 1.807) is 10.7 Å². The fourth-order valence-corrected chi connectivity index (χ4v) is 6.84. The van der Waals surface area contributed by atoms with Crippen LogP contribution in [0.15, 0.2) is 17.2 Å². The van der Waals surface area contributed by atoms with Gasteiger partial charge in [-0.2, -0.15) is 5.10 Å². The Morgan fingerprint density at radius 2 is 1.86 bits per heavy atom. The molecule has 190 valence electrons. The van der Waals surface area contributed by atoms with E-state index in [1.807, 2.05) is 13.8 Å². The van der Waals surface area contributed by atoms with Crippen LogP contribution in [0.5, 0.6) is 0 Å². The number of hydrogen-bond acceptors (Lipinski definition) is 6. The van der Waals surface area contributed by atoms with Gasteiger partial charge in [-0.3, -0.25) is 9.58 Å². The third kappa shape index (κ3) is 4.71. The minimum atomic E-state index is -3.66. The molecule has 0 saturated carbocycles. The van der Waals surface area contributed by atoms with Crippen molar-refractivity contribution in [3.63, 3.8) is 0 Å². The monoisotopic (exact) mass is 500 g/mol. The highest BCUT2D eigenvalue weighted by Gasteiger charge is 2.29. The molecule has 2 amide bonds. The largest absolute Gasteiger partial charge is 0.395 e. The Bertz CT molecular complexity index is 1200. The van der Waals surface area contributed by atoms with Gasteiger partial charge in [0.2, 0.25) is 0 Å². The molecule has 3 aliphatic rings. The van der Waals surface area contributed by atoms with Crippen LogP contribution in [-0.2, 0) is 42.1 Å². The van der Waals surface area contributed by atoms with Crippen molar-refractivity contribution in [1.29, 1.82) is 4.78 Å². The predicted octanol–water partition coefficient (Wildman–Crippen LogP) is 3.54. The molecular weight excluding hydrogens is 464 g/mol. The van der Waals surface area contributed by atoms with Gasteiger partial charge in [0.25, 0.3) is 0 Å². The van der Waals surface area contributed by atoms with Crippen molar-refractivity contribution in [3.05, 3.63) is 40.1 Å². The molecule has 2 heterocycles. The summed E-state index contributed by atoms with van der Waals surface area (Å²) < 4.78 is 26.1. The normalized spacial score (nSPS) is 21.2. The van der Waals surface area contributed by atoms with Gasteiger partial charge < -0.3 is 10.4 Å². The van der Waals surface area contributed by atoms with E-state index < -0.39 is 15.9 Å². The maximum absolute atomic E-state index is 13.4. The molecule has 1 aliphatic heterocycles. The number of aliphatic hydroxyl groups excluding tert-OH is 1. The van der Waals surface area contributed by atoms with E-state index in [4.69, 9.17) is 4.78 Å². The van der Waals surface area contributed by atoms with Crippen LogP contribution in [-0.4, -0.2) is 49.2 Å². The second-order valence-electron chi connectivity index (χ2n) is 10.3. The van der Waals surface area contributed by atoms with Crippen molar-refractivity contribution in [2.75, 3.05) is 18.5 Å². The van der Waals surface area contributed by atoms with Gasteiger partial charge >= 0.3 is 6.03 Å². The average Bonchev–Trinajstić information content (AvgIpc) is 3.59. The fraction of sp³-hybridized carbons (Fsp3) is 0.600. The number of likely N-dealkylation sites (tertiary alicyclic amines) is 1. The van der Waals surface area contributed by atoms with Crippen molar-refractivity contribution in [3.8, 4) is 0 Å². The molecule has 9 nitrogen and oxygen atoms in total. The van der Waals surface area contributed by atoms with Crippen LogP contribution in [0.2, 0.25) is 0 Å². The zero-order valence-electron chi connectivity index (χ0n) is 20.6. The topological polar surface area (TPSA) is 123 Å². The number of fused-ring (bicyclic) bond motifs is 2. The molecular formula is C25H36N6O3S. The maximum atomic E-state index is 13.4. The Balaban J connectivity index is 1.36. The first-order valence-corrected chi connectivity index (χ1v) is 14.3. The summed E-state index contributed by atoms with van der Waals surface area (Å²) in [7, 11) is -3.66. The zero-order chi connectivity index (χ0) is 24.7. The number of aromatic nitrogens is 2. The van der Waals surface area contributed by atoms with Crippen LogP contribution in [0.3, 0.4) is 0 Å². The Morgan fingerprint density at radius 3 is 2.49 bits per heavy atom. The van der Waals surface area contributed by atoms with Crippen molar-refractivity contribution in [2.45, 2.75) is 88.9 Å². The van der Waals surface area contributed by atoms with E-state index in [1.165, 1.54) is 22.3 Å². The second-order valence-corrected chi connectivity index (χ2v) is 12.0. The van der Waals surface area contributed by atoms with Crippen LogP contribution in [0, 0.1) is 4.78 Å². The molecule has 2 aliphatic carbocycles. The van der Waals surface area contributed by atoms with E-state index in [0.717, 1.165) is 69.3 Å². The van der Waals surface area contributed by atoms with Gasteiger partial charge in [-0.05, 0) is 100 Å². The highest BCUT2D eigenvalue weighted by atomic mass is 32.2. The molecule has 1 fully saturated rings. The van der Waals surface area contributed by atoms with E-state index in [-0.39, 0.29) is 23.7 Å². The first-order chi connectivity index (χ1) is 16.8. The number of aryl methyl sites for hydroxylation is 2. The van der Waals surface area contributed by atoms with Gasteiger partial charge in [-0.1, -0.05) is 6.07 Å². The Morgan fingerprint density at radius 1 is 1.17 bits per heavy atom. The third-order valence-electron chi connectivity index (χ3n) is 7.60.